The van der Waals surface area contributed by atoms with Crippen LogP contribution in [0.4, 0.5) is 0 Å². The van der Waals surface area contributed by atoms with Crippen LogP contribution in [0.5, 0.6) is 0 Å². The molecule has 1 heterocycles. The van der Waals surface area contributed by atoms with Gasteiger partial charge in [0.15, 0.2) is 0 Å². The van der Waals surface area contributed by atoms with Crippen LogP contribution in [-0.4, -0.2) is 28.1 Å². The summed E-state index contributed by atoms with van der Waals surface area (Å²) in [6.07, 6.45) is 2.35. The summed E-state index contributed by atoms with van der Waals surface area (Å²) >= 11 is 3.34. The van der Waals surface area contributed by atoms with E-state index in [1.807, 2.05) is 38.5 Å². The maximum Gasteiger partial charge on any atom is 0.308 e. The molecule has 5 nitrogen and oxygen atoms in total. The van der Waals surface area contributed by atoms with Gasteiger partial charge in [0.1, 0.15) is 5.69 Å². The van der Waals surface area contributed by atoms with E-state index in [9.17, 15) is 14.7 Å². The van der Waals surface area contributed by atoms with Gasteiger partial charge in [-0.25, -0.2) is 0 Å². The fourth-order valence-electron chi connectivity index (χ4n) is 2.22. The third kappa shape index (κ3) is 5.53. The van der Waals surface area contributed by atoms with Gasteiger partial charge in [0.25, 0.3) is 5.91 Å². The first-order valence-electron chi connectivity index (χ1n) is 7.00. The number of hydrogen-bond acceptors (Lipinski definition) is 2. The van der Waals surface area contributed by atoms with Gasteiger partial charge >= 0.3 is 5.97 Å². The minimum absolute atomic E-state index is 0.0968. The van der Waals surface area contributed by atoms with Crippen molar-refractivity contribution in [1.82, 2.24) is 9.88 Å². The van der Waals surface area contributed by atoms with Crippen molar-refractivity contribution in [1.29, 1.82) is 0 Å². The second-order valence-electron chi connectivity index (χ2n) is 6.34. The lowest BCUT2D eigenvalue weighted by Gasteiger charge is -2.23. The largest absolute Gasteiger partial charge is 0.481 e. The molecule has 0 fully saturated rings. The van der Waals surface area contributed by atoms with Crippen LogP contribution >= 0.6 is 15.9 Å². The molecule has 0 aromatic carbocycles. The van der Waals surface area contributed by atoms with Gasteiger partial charge in [-0.05, 0) is 40.8 Å². The standard InChI is InChI=1S/C15H23BrN2O3/c1-5-18-9-11(16)6-12(18)13(19)17-8-10(14(20)21)7-15(2,3)4/h6,9-10H,5,7-8H2,1-4H3,(H,17,19)(H,20,21). The summed E-state index contributed by atoms with van der Waals surface area (Å²) in [5.41, 5.74) is 0.435. The average Bonchev–Trinajstić information content (AvgIpc) is 2.73. The highest BCUT2D eigenvalue weighted by Gasteiger charge is 2.25. The number of carbonyl (C=O) groups is 2. The summed E-state index contributed by atoms with van der Waals surface area (Å²) in [5.74, 6) is -1.71. The molecule has 1 aromatic heterocycles. The molecule has 0 bridgehead atoms. The third-order valence-electron chi connectivity index (χ3n) is 3.15. The Balaban J connectivity index is 2.71. The zero-order chi connectivity index (χ0) is 16.2. The van der Waals surface area contributed by atoms with Gasteiger partial charge in [-0.1, -0.05) is 20.8 Å². The molecule has 1 amide bonds. The number of halogens is 1. The van der Waals surface area contributed by atoms with Crippen molar-refractivity contribution in [2.45, 2.75) is 40.7 Å². The van der Waals surface area contributed by atoms with Gasteiger partial charge in [-0.2, -0.15) is 0 Å². The van der Waals surface area contributed by atoms with Gasteiger partial charge in [0.2, 0.25) is 0 Å². The number of carboxylic acid groups (broad SMARTS) is 1. The number of rotatable bonds is 6. The molecule has 0 aliphatic heterocycles. The molecule has 0 spiro atoms. The maximum atomic E-state index is 12.2. The lowest BCUT2D eigenvalue weighted by molar-refractivity contribution is -0.142. The van der Waals surface area contributed by atoms with E-state index >= 15 is 0 Å². The Labute approximate surface area is 133 Å². The first-order valence-corrected chi connectivity index (χ1v) is 7.80. The molecular formula is C15H23BrN2O3. The zero-order valence-electron chi connectivity index (χ0n) is 12.9. The number of amides is 1. The molecule has 0 saturated carbocycles. The Morgan fingerprint density at radius 1 is 1.43 bits per heavy atom. The highest BCUT2D eigenvalue weighted by atomic mass is 79.9. The molecule has 21 heavy (non-hydrogen) atoms. The lowest BCUT2D eigenvalue weighted by Crippen LogP contribution is -2.35. The van der Waals surface area contributed by atoms with Crippen LogP contribution in [0.2, 0.25) is 0 Å². The van der Waals surface area contributed by atoms with Crippen LogP contribution in [0.1, 0.15) is 44.6 Å². The predicted octanol–water partition coefficient (Wildman–Crippen LogP) is 3.14. The number of nitrogens with one attached hydrogen (secondary N) is 1. The van der Waals surface area contributed by atoms with E-state index in [2.05, 4.69) is 21.2 Å². The molecular weight excluding hydrogens is 336 g/mol. The van der Waals surface area contributed by atoms with Crippen molar-refractivity contribution >= 4 is 27.8 Å². The van der Waals surface area contributed by atoms with Crippen molar-refractivity contribution in [2.24, 2.45) is 11.3 Å². The van der Waals surface area contributed by atoms with Crippen LogP contribution in [0.25, 0.3) is 0 Å². The average molecular weight is 359 g/mol. The third-order valence-corrected chi connectivity index (χ3v) is 3.59. The summed E-state index contributed by atoms with van der Waals surface area (Å²) in [4.78, 5) is 23.5. The number of nitrogens with zero attached hydrogens (tertiary/aromatic N) is 1. The van der Waals surface area contributed by atoms with Crippen LogP contribution < -0.4 is 5.32 Å². The molecule has 2 N–H and O–H groups in total. The van der Waals surface area contributed by atoms with Crippen molar-refractivity contribution < 1.29 is 14.7 Å². The van der Waals surface area contributed by atoms with E-state index in [0.717, 1.165) is 4.47 Å². The number of aryl methyl sites for hydroxylation is 1. The van der Waals surface area contributed by atoms with Gasteiger partial charge in [-0.15, -0.1) is 0 Å². The van der Waals surface area contributed by atoms with Gasteiger partial charge in [0, 0.05) is 23.8 Å². The van der Waals surface area contributed by atoms with Crippen LogP contribution in [-0.2, 0) is 11.3 Å². The molecule has 0 aliphatic rings. The Morgan fingerprint density at radius 2 is 2.05 bits per heavy atom. The molecule has 0 aliphatic carbocycles. The van der Waals surface area contributed by atoms with Crippen LogP contribution in [0.3, 0.4) is 0 Å². The number of aliphatic carboxylic acids is 1. The smallest absolute Gasteiger partial charge is 0.308 e. The highest BCUT2D eigenvalue weighted by molar-refractivity contribution is 9.10. The summed E-state index contributed by atoms with van der Waals surface area (Å²) < 4.78 is 2.65. The molecule has 6 heteroatoms. The Kier molecular flexibility index (Phi) is 6.01. The van der Waals surface area contributed by atoms with Crippen LogP contribution in [0.15, 0.2) is 16.7 Å². The molecule has 0 saturated heterocycles. The number of hydrogen-bond donors (Lipinski definition) is 2. The molecule has 1 rings (SSSR count). The maximum absolute atomic E-state index is 12.2. The first kappa shape index (κ1) is 17.8. The van der Waals surface area contributed by atoms with E-state index in [0.29, 0.717) is 18.7 Å². The van der Waals surface area contributed by atoms with Crippen molar-refractivity contribution in [3.8, 4) is 0 Å². The van der Waals surface area contributed by atoms with Crippen molar-refractivity contribution in [3.05, 3.63) is 22.4 Å². The molecule has 1 aromatic rings. The molecule has 1 unspecified atom stereocenters. The van der Waals surface area contributed by atoms with Crippen molar-refractivity contribution in [3.63, 3.8) is 0 Å². The second-order valence-corrected chi connectivity index (χ2v) is 7.26. The minimum atomic E-state index is -0.878. The predicted molar refractivity (Wildman–Crippen MR) is 85.3 cm³/mol. The Morgan fingerprint density at radius 3 is 2.52 bits per heavy atom. The van der Waals surface area contributed by atoms with Crippen LogP contribution in [0, 0.1) is 11.3 Å². The Hall–Kier alpha value is -1.30. The van der Waals surface area contributed by atoms with Gasteiger partial charge in [0.05, 0.1) is 5.92 Å². The first-order chi connectivity index (χ1) is 9.64. The fraction of sp³-hybridized carbons (Fsp3) is 0.600. The topological polar surface area (TPSA) is 71.3 Å². The number of carbonyl (C=O) groups excluding carboxylic acids is 1. The van der Waals surface area contributed by atoms with Gasteiger partial charge < -0.3 is 15.0 Å². The minimum Gasteiger partial charge on any atom is -0.481 e. The summed E-state index contributed by atoms with van der Waals surface area (Å²) in [5, 5.41) is 12.0. The van der Waals surface area contributed by atoms with Crippen molar-refractivity contribution in [2.75, 3.05) is 6.54 Å². The molecule has 0 radical (unpaired) electrons. The Bertz CT molecular complexity index is 517. The monoisotopic (exact) mass is 358 g/mol. The zero-order valence-corrected chi connectivity index (χ0v) is 14.5. The number of carboxylic acids is 1. The summed E-state index contributed by atoms with van der Waals surface area (Å²) in [7, 11) is 0. The summed E-state index contributed by atoms with van der Waals surface area (Å²) in [6, 6.07) is 1.73. The SMILES string of the molecule is CCn1cc(Br)cc1C(=O)NCC(CC(C)(C)C)C(=O)O. The van der Waals surface area contributed by atoms with E-state index in [4.69, 9.17) is 0 Å². The fourth-order valence-corrected chi connectivity index (χ4v) is 2.68. The quantitative estimate of drug-likeness (QED) is 0.820. The summed E-state index contributed by atoms with van der Waals surface area (Å²) in [6.45, 7) is 8.73. The second kappa shape index (κ2) is 7.11. The van der Waals surface area contributed by atoms with E-state index in [1.54, 1.807) is 6.07 Å². The number of aromatic nitrogens is 1. The lowest BCUT2D eigenvalue weighted by atomic mass is 9.84. The van der Waals surface area contributed by atoms with E-state index in [1.165, 1.54) is 0 Å². The van der Waals surface area contributed by atoms with Gasteiger partial charge in [-0.3, -0.25) is 9.59 Å². The van der Waals surface area contributed by atoms with E-state index < -0.39 is 11.9 Å². The normalized spacial score (nSPS) is 13.0. The molecule has 1 atom stereocenters. The molecule has 118 valence electrons. The van der Waals surface area contributed by atoms with E-state index in [-0.39, 0.29) is 17.9 Å². The highest BCUT2D eigenvalue weighted by Crippen LogP contribution is 2.24.